The van der Waals surface area contributed by atoms with Gasteiger partial charge in [-0.1, -0.05) is 42.7 Å². The van der Waals surface area contributed by atoms with Crippen molar-refractivity contribution in [3.05, 3.63) is 35.9 Å². The third-order valence-corrected chi connectivity index (χ3v) is 3.73. The van der Waals surface area contributed by atoms with Crippen molar-refractivity contribution in [2.45, 2.75) is 44.6 Å². The second-order valence-electron chi connectivity index (χ2n) is 5.29. The molecule has 1 nitrogen and oxygen atoms in total. The van der Waals surface area contributed by atoms with Gasteiger partial charge in [-0.15, -0.1) is 18.3 Å². The highest BCUT2D eigenvalue weighted by Gasteiger charge is 2.19. The molecule has 0 bridgehead atoms. The van der Waals surface area contributed by atoms with E-state index in [1.807, 2.05) is 0 Å². The largest absolute Gasteiger partial charge is 0.286 e. The Morgan fingerprint density at radius 1 is 1.05 bits per heavy atom. The molecule has 0 spiro atoms. The second-order valence-corrected chi connectivity index (χ2v) is 5.29. The fourth-order valence-electron chi connectivity index (χ4n) is 2.65. The molecular formula is C19H23N. The number of hydrogen-bond acceptors (Lipinski definition) is 1. The first kappa shape index (κ1) is 14.7. The van der Waals surface area contributed by atoms with Crippen molar-refractivity contribution in [3.8, 4) is 24.2 Å². The summed E-state index contributed by atoms with van der Waals surface area (Å²) in [5, 5.41) is 0. The molecule has 0 radical (unpaired) electrons. The lowest BCUT2D eigenvalue weighted by molar-refractivity contribution is 0.197. The molecule has 0 saturated carbocycles. The van der Waals surface area contributed by atoms with E-state index >= 15 is 0 Å². The minimum absolute atomic E-state index is 0.252. The summed E-state index contributed by atoms with van der Waals surface area (Å²) in [4.78, 5) is 2.52. The van der Waals surface area contributed by atoms with Crippen molar-refractivity contribution < 1.29 is 0 Å². The van der Waals surface area contributed by atoms with Crippen LogP contribution in [0.25, 0.3) is 0 Å². The van der Waals surface area contributed by atoms with Crippen LogP contribution in [0.2, 0.25) is 0 Å². The average molecular weight is 265 g/mol. The maximum Gasteiger partial charge on any atom is 0.0970 e. The van der Waals surface area contributed by atoms with Gasteiger partial charge < -0.3 is 0 Å². The summed E-state index contributed by atoms with van der Waals surface area (Å²) in [5.74, 6) is 9.47. The van der Waals surface area contributed by atoms with E-state index in [2.05, 4.69) is 53.0 Å². The van der Waals surface area contributed by atoms with Crippen LogP contribution in [0.5, 0.6) is 0 Å². The zero-order chi connectivity index (χ0) is 14.0. The van der Waals surface area contributed by atoms with Crippen LogP contribution in [0.3, 0.4) is 0 Å². The van der Waals surface area contributed by atoms with E-state index in [0.29, 0.717) is 0 Å². The van der Waals surface area contributed by atoms with Gasteiger partial charge in [-0.2, -0.15) is 0 Å². The Kier molecular flexibility index (Phi) is 6.22. The molecule has 0 aromatic heterocycles. The van der Waals surface area contributed by atoms with Crippen LogP contribution < -0.4 is 0 Å². The molecule has 1 aromatic carbocycles. The van der Waals surface area contributed by atoms with E-state index in [0.717, 1.165) is 19.3 Å². The van der Waals surface area contributed by atoms with E-state index in [9.17, 15) is 0 Å². The minimum Gasteiger partial charge on any atom is -0.286 e. The number of rotatable bonds is 4. The number of hydrogen-bond donors (Lipinski definition) is 0. The van der Waals surface area contributed by atoms with Gasteiger partial charge in [-0.3, -0.25) is 4.90 Å². The molecule has 0 N–H and O–H groups in total. The van der Waals surface area contributed by atoms with Gasteiger partial charge in [0.2, 0.25) is 0 Å². The Hall–Kier alpha value is -1.70. The fourth-order valence-corrected chi connectivity index (χ4v) is 2.65. The summed E-state index contributed by atoms with van der Waals surface area (Å²) in [5.41, 5.74) is 1.32. The second kappa shape index (κ2) is 8.47. The molecule has 0 amide bonds. The molecule has 1 aromatic rings. The van der Waals surface area contributed by atoms with Gasteiger partial charge in [0.25, 0.3) is 0 Å². The third-order valence-electron chi connectivity index (χ3n) is 3.73. The van der Waals surface area contributed by atoms with Gasteiger partial charge in [0.15, 0.2) is 0 Å². The van der Waals surface area contributed by atoms with Gasteiger partial charge in [-0.05, 0) is 37.9 Å². The zero-order valence-electron chi connectivity index (χ0n) is 12.1. The summed E-state index contributed by atoms with van der Waals surface area (Å²) < 4.78 is 0. The lowest BCUT2D eigenvalue weighted by atomic mass is 10.0. The van der Waals surface area contributed by atoms with Crippen LogP contribution in [0.4, 0.5) is 0 Å². The quantitative estimate of drug-likeness (QED) is 0.587. The molecule has 1 saturated heterocycles. The third kappa shape index (κ3) is 4.44. The van der Waals surface area contributed by atoms with Crippen molar-refractivity contribution in [2.24, 2.45) is 0 Å². The topological polar surface area (TPSA) is 3.24 Å². The molecule has 0 aliphatic carbocycles. The normalized spacial score (nSPS) is 16.8. The Morgan fingerprint density at radius 3 is 2.50 bits per heavy atom. The van der Waals surface area contributed by atoms with Crippen molar-refractivity contribution in [3.63, 3.8) is 0 Å². The maximum absolute atomic E-state index is 5.27. The predicted molar refractivity (Wildman–Crippen MR) is 85.1 cm³/mol. The first-order chi connectivity index (χ1) is 9.92. The summed E-state index contributed by atoms with van der Waals surface area (Å²) >= 11 is 0. The molecule has 104 valence electrons. The van der Waals surface area contributed by atoms with E-state index in [1.54, 1.807) is 0 Å². The summed E-state index contributed by atoms with van der Waals surface area (Å²) in [6.07, 6.45) is 12.0. The first-order valence-electron chi connectivity index (χ1n) is 7.62. The molecular weight excluding hydrogens is 242 g/mol. The Labute approximate surface area is 123 Å². The van der Waals surface area contributed by atoms with Crippen LogP contribution in [-0.4, -0.2) is 18.0 Å². The van der Waals surface area contributed by atoms with E-state index in [4.69, 9.17) is 6.42 Å². The molecule has 20 heavy (non-hydrogen) atoms. The minimum atomic E-state index is 0.252. The smallest absolute Gasteiger partial charge is 0.0970 e. The van der Waals surface area contributed by atoms with Gasteiger partial charge in [-0.25, -0.2) is 0 Å². The van der Waals surface area contributed by atoms with Gasteiger partial charge in [0.05, 0.1) is 6.04 Å². The number of benzene rings is 1. The number of likely N-dealkylation sites (tertiary alicyclic amines) is 1. The highest BCUT2D eigenvalue weighted by Crippen LogP contribution is 2.23. The summed E-state index contributed by atoms with van der Waals surface area (Å²) in [7, 11) is 0. The number of piperidine rings is 1. The van der Waals surface area contributed by atoms with Crippen LogP contribution in [0.15, 0.2) is 30.3 Å². The summed E-state index contributed by atoms with van der Waals surface area (Å²) in [6, 6.07) is 10.9. The molecule has 1 aliphatic rings. The standard InChI is InChI=1S/C19H23N/c1-2-3-4-5-10-15-19(18-13-8-6-9-14-18)20-16-11-7-12-17-20/h1,6,8-9,13-14,19H,3-5,7,11-12,16-17H2. The van der Waals surface area contributed by atoms with Crippen molar-refractivity contribution in [1.82, 2.24) is 4.90 Å². The SMILES string of the molecule is C#CCCCC#CC(c1ccccc1)N1CCCCC1. The van der Waals surface area contributed by atoms with Crippen LogP contribution in [-0.2, 0) is 0 Å². The fraction of sp³-hybridized carbons (Fsp3) is 0.474. The van der Waals surface area contributed by atoms with E-state index < -0.39 is 0 Å². The molecule has 1 heterocycles. The van der Waals surface area contributed by atoms with Crippen molar-refractivity contribution >= 4 is 0 Å². The van der Waals surface area contributed by atoms with Gasteiger partial charge >= 0.3 is 0 Å². The highest BCUT2D eigenvalue weighted by atomic mass is 15.2. The van der Waals surface area contributed by atoms with Gasteiger partial charge in [0, 0.05) is 12.8 Å². The average Bonchev–Trinajstić information content (AvgIpc) is 2.53. The predicted octanol–water partition coefficient (Wildman–Crippen LogP) is 4.02. The van der Waals surface area contributed by atoms with Crippen molar-refractivity contribution in [1.29, 1.82) is 0 Å². The first-order valence-corrected chi connectivity index (χ1v) is 7.62. The van der Waals surface area contributed by atoms with E-state index in [1.165, 1.54) is 37.9 Å². The van der Waals surface area contributed by atoms with Crippen LogP contribution in [0, 0.1) is 24.2 Å². The van der Waals surface area contributed by atoms with Crippen LogP contribution >= 0.6 is 0 Å². The zero-order valence-corrected chi connectivity index (χ0v) is 12.1. The van der Waals surface area contributed by atoms with Crippen LogP contribution in [0.1, 0.15) is 50.1 Å². The molecule has 1 unspecified atom stereocenters. The van der Waals surface area contributed by atoms with E-state index in [-0.39, 0.29) is 6.04 Å². The molecule has 1 aliphatic heterocycles. The Balaban J connectivity index is 2.06. The lowest BCUT2D eigenvalue weighted by Crippen LogP contribution is -2.33. The molecule has 2 rings (SSSR count). The Bertz CT molecular complexity index is 480. The maximum atomic E-state index is 5.27. The lowest BCUT2D eigenvalue weighted by Gasteiger charge is -2.31. The number of unbranched alkanes of at least 4 members (excludes halogenated alkanes) is 2. The number of terminal acetylenes is 1. The highest BCUT2D eigenvalue weighted by molar-refractivity contribution is 5.27. The molecule has 1 heteroatoms. The van der Waals surface area contributed by atoms with Gasteiger partial charge in [0.1, 0.15) is 0 Å². The summed E-state index contributed by atoms with van der Waals surface area (Å²) in [6.45, 7) is 2.33. The van der Waals surface area contributed by atoms with Crippen molar-refractivity contribution in [2.75, 3.05) is 13.1 Å². The monoisotopic (exact) mass is 265 g/mol. The number of nitrogens with zero attached hydrogens (tertiary/aromatic N) is 1. The molecule has 1 atom stereocenters. The molecule has 1 fully saturated rings. The Morgan fingerprint density at radius 2 is 1.80 bits per heavy atom.